The molecule has 0 aromatic heterocycles. The first-order valence-electron chi connectivity index (χ1n) is 0.612. The van der Waals surface area contributed by atoms with Crippen molar-refractivity contribution in [3.05, 3.63) is 0 Å². The van der Waals surface area contributed by atoms with Crippen LogP contribution >= 0.6 is 0 Å². The minimum atomic E-state index is -4.08. The molecule has 0 rings (SSSR count). The zero-order chi connectivity index (χ0) is 3.58. The van der Waals surface area contributed by atoms with Crippen LogP contribution in [0.5, 0.6) is 0 Å². The molecule has 0 aliphatic carbocycles. The van der Waals surface area contributed by atoms with Crippen LogP contribution in [-0.4, -0.2) is 0 Å². The van der Waals surface area contributed by atoms with Crippen molar-refractivity contribution < 1.29 is 99.6 Å². The summed E-state index contributed by atoms with van der Waals surface area (Å²) >= 11 is -4.08. The van der Waals surface area contributed by atoms with Gasteiger partial charge in [0.05, 0.1) is 0 Å². The van der Waals surface area contributed by atoms with Crippen molar-refractivity contribution in [2.24, 2.45) is 0 Å². The van der Waals surface area contributed by atoms with Gasteiger partial charge in [0, 0.05) is 0 Å². The normalized spacial score (nSPS) is 4.33. The summed E-state index contributed by atoms with van der Waals surface area (Å²) in [5, 5.41) is 0. The Labute approximate surface area is 97.2 Å². The third-order valence-corrected chi connectivity index (χ3v) is 0. The van der Waals surface area contributed by atoms with E-state index in [0.717, 1.165) is 0 Å². The zero-order valence-electron chi connectivity index (χ0n) is 3.72. The average Bonchev–Trinajstić information content (AvgIpc) is 0.811. The maximum absolute atomic E-state index is 8.58. The molecule has 0 aromatic carbocycles. The van der Waals surface area contributed by atoms with Gasteiger partial charge >= 0.3 is 99.6 Å². The Bertz CT molecular complexity index is 33.8. The van der Waals surface area contributed by atoms with Gasteiger partial charge in [-0.3, -0.25) is 0 Å². The van der Waals surface area contributed by atoms with Crippen molar-refractivity contribution in [1.82, 2.24) is 0 Å². The molecule has 0 amide bonds. The molecule has 6 heteroatoms. The summed E-state index contributed by atoms with van der Waals surface area (Å²) in [6.07, 6.45) is 0. The summed E-state index contributed by atoms with van der Waals surface area (Å²) in [6.45, 7) is 0. The Hall–Kier alpha value is 2.67. The summed E-state index contributed by atoms with van der Waals surface area (Å²) in [5.74, 6) is 0. The van der Waals surface area contributed by atoms with E-state index < -0.39 is 18.6 Å². The second kappa shape index (κ2) is 10.6. The van der Waals surface area contributed by atoms with Crippen LogP contribution in [0.1, 0.15) is 0 Å². The van der Waals surface area contributed by atoms with Crippen LogP contribution in [0.2, 0.25) is 0 Å². The molecule has 0 saturated heterocycles. The molecular weight excluding hydrogens is 142 g/mol. The molecule has 0 bridgehead atoms. The second-order valence-corrected chi connectivity index (χ2v) is 1.03. The van der Waals surface area contributed by atoms with E-state index >= 15 is 0 Å². The first-order chi connectivity index (χ1) is 1.73. The van der Waals surface area contributed by atoms with Gasteiger partial charge in [0.15, 0.2) is 0 Å². The van der Waals surface area contributed by atoms with E-state index in [4.69, 9.17) is 10.7 Å². The van der Waals surface area contributed by atoms with Crippen molar-refractivity contribution in [3.63, 3.8) is 0 Å². The summed E-state index contributed by atoms with van der Waals surface area (Å²) in [6, 6.07) is 0. The Morgan fingerprint density at radius 1 is 1.33 bits per heavy atom. The summed E-state index contributed by atoms with van der Waals surface area (Å²) in [7, 11) is 0. The van der Waals surface area contributed by atoms with Gasteiger partial charge in [0.25, 0.3) is 0 Å². The summed E-state index contributed by atoms with van der Waals surface area (Å²) in [4.78, 5) is 0. The van der Waals surface area contributed by atoms with Gasteiger partial charge in [0.2, 0.25) is 0 Å². The van der Waals surface area contributed by atoms with Crippen molar-refractivity contribution in [2.75, 3.05) is 0 Å². The van der Waals surface area contributed by atoms with Crippen LogP contribution in [0.3, 0.4) is 0 Å². The Balaban J connectivity index is -0.0000000450. The van der Waals surface area contributed by atoms with Crippen LogP contribution in [0.4, 0.5) is 0 Å². The predicted octanol–water partition coefficient (Wildman–Crippen LogP) is -8.49. The maximum atomic E-state index is 8.58. The van der Waals surface area contributed by atoms with Gasteiger partial charge in [0.1, 0.15) is 0 Å². The molecule has 0 N–H and O–H groups in total. The molecule has 0 aliphatic rings. The molecule has 0 atom stereocenters. The number of hydrogen-bond acceptors (Lipinski definition) is 3. The topological polar surface area (TPSA) is 63.2 Å². The summed E-state index contributed by atoms with van der Waals surface area (Å²) < 4.78 is 25.8. The fourth-order valence-corrected chi connectivity index (χ4v) is 0. The van der Waals surface area contributed by atoms with Gasteiger partial charge in [-0.15, -0.1) is 0 Å². The van der Waals surface area contributed by atoms with Crippen LogP contribution < -0.4 is 77.6 Å². The van der Waals surface area contributed by atoms with Crippen molar-refractivity contribution in [1.29, 1.82) is 0 Å². The molecule has 0 unspecified atom stereocenters. The van der Waals surface area contributed by atoms with E-state index in [2.05, 4.69) is 0 Å². The van der Waals surface area contributed by atoms with Crippen molar-refractivity contribution in [2.45, 2.75) is 0 Å². The molecule has 0 radical (unpaired) electrons. The standard InChI is InChI=1S/K.Li.3O.Ti/q2*+1;;2*-1;. The molecule has 0 spiro atoms. The van der Waals surface area contributed by atoms with Crippen LogP contribution in [0.15, 0.2) is 0 Å². The molecule has 0 fully saturated rings. The first kappa shape index (κ1) is 15.9. The summed E-state index contributed by atoms with van der Waals surface area (Å²) in [5.41, 5.74) is 0. The molecule has 0 heterocycles. The Morgan fingerprint density at radius 3 is 1.33 bits per heavy atom. The molecule has 3 nitrogen and oxygen atoms in total. The quantitative estimate of drug-likeness (QED) is 0.315. The van der Waals surface area contributed by atoms with E-state index in [1.54, 1.807) is 0 Å². The molecular formula is KLiO3Ti. The average molecular weight is 142 g/mol. The second-order valence-electron chi connectivity index (χ2n) is 0.250. The van der Waals surface area contributed by atoms with Gasteiger partial charge in [-0.2, -0.15) is 0 Å². The molecule has 24 valence electrons. The van der Waals surface area contributed by atoms with Crippen molar-refractivity contribution in [3.8, 4) is 0 Å². The van der Waals surface area contributed by atoms with E-state index in [9.17, 15) is 0 Å². The third-order valence-electron chi connectivity index (χ3n) is 0. The Kier molecular flexibility index (Phi) is 28.1. The van der Waals surface area contributed by atoms with E-state index in [0.29, 0.717) is 0 Å². The number of hydrogen-bond donors (Lipinski definition) is 0. The molecule has 0 aliphatic heterocycles. The SMILES string of the molecule is [K+].[Li+].[O]=[Ti]([O-])[O-]. The van der Waals surface area contributed by atoms with Gasteiger partial charge in [-0.05, 0) is 0 Å². The van der Waals surface area contributed by atoms with Gasteiger partial charge < -0.3 is 0 Å². The van der Waals surface area contributed by atoms with Crippen LogP contribution in [0.25, 0.3) is 0 Å². The van der Waals surface area contributed by atoms with E-state index in [1.807, 2.05) is 0 Å². The molecule has 0 saturated carbocycles. The van der Waals surface area contributed by atoms with Crippen LogP contribution in [0, 0.1) is 0 Å². The van der Waals surface area contributed by atoms with Crippen LogP contribution in [-0.2, 0) is 21.9 Å². The Morgan fingerprint density at radius 2 is 1.33 bits per heavy atom. The fourth-order valence-electron chi connectivity index (χ4n) is 0. The first-order valence-corrected chi connectivity index (χ1v) is 2.52. The van der Waals surface area contributed by atoms with E-state index in [1.165, 1.54) is 0 Å². The molecule has 6 heavy (non-hydrogen) atoms. The zero-order valence-corrected chi connectivity index (χ0v) is 8.41. The molecule has 0 aromatic rings. The third kappa shape index (κ3) is 30.1. The van der Waals surface area contributed by atoms with Gasteiger partial charge in [-0.25, -0.2) is 0 Å². The number of rotatable bonds is 0. The van der Waals surface area contributed by atoms with Crippen molar-refractivity contribution >= 4 is 0 Å². The monoisotopic (exact) mass is 142 g/mol. The van der Waals surface area contributed by atoms with E-state index in [-0.39, 0.29) is 70.2 Å². The predicted molar refractivity (Wildman–Crippen MR) is 0.686 cm³/mol. The van der Waals surface area contributed by atoms with Gasteiger partial charge in [-0.1, -0.05) is 0 Å². The minimum absolute atomic E-state index is 0. The fraction of sp³-hybridized carbons (Fsp3) is 0.